The summed E-state index contributed by atoms with van der Waals surface area (Å²) in [7, 11) is 3.09. The standard InChI is InChI=1S/C19H20ClN3O4/c1-26-16-7-6-15(10-17(16)27-2)23-11-14(9-18(23)24)22-19(25)21-13-5-3-4-12(20)8-13/h3-8,10,14H,9,11H2,1-2H3,(H2,21,22,25). The molecule has 0 aromatic heterocycles. The first-order chi connectivity index (χ1) is 13.0. The van der Waals surface area contributed by atoms with Crippen LogP contribution in [0.1, 0.15) is 6.42 Å². The zero-order valence-electron chi connectivity index (χ0n) is 15.0. The highest BCUT2D eigenvalue weighted by Gasteiger charge is 2.32. The minimum atomic E-state index is -0.385. The van der Waals surface area contributed by atoms with E-state index < -0.39 is 0 Å². The zero-order valence-corrected chi connectivity index (χ0v) is 15.7. The molecule has 8 heteroatoms. The van der Waals surface area contributed by atoms with Crippen LogP contribution in [0, 0.1) is 0 Å². The molecule has 0 radical (unpaired) electrons. The van der Waals surface area contributed by atoms with Gasteiger partial charge in [0.2, 0.25) is 5.91 Å². The molecular formula is C19H20ClN3O4. The van der Waals surface area contributed by atoms with E-state index in [1.54, 1.807) is 54.5 Å². The van der Waals surface area contributed by atoms with Gasteiger partial charge in [-0.1, -0.05) is 17.7 Å². The van der Waals surface area contributed by atoms with Crippen molar-refractivity contribution in [2.24, 2.45) is 0 Å². The quantitative estimate of drug-likeness (QED) is 0.822. The summed E-state index contributed by atoms with van der Waals surface area (Å²) in [6, 6.07) is 11.4. The third-order valence-electron chi connectivity index (χ3n) is 4.22. The summed E-state index contributed by atoms with van der Waals surface area (Å²) in [6.45, 7) is 0.372. The lowest BCUT2D eigenvalue weighted by Crippen LogP contribution is -2.39. The number of rotatable bonds is 5. The number of ether oxygens (including phenoxy) is 2. The Morgan fingerprint density at radius 3 is 2.63 bits per heavy atom. The number of nitrogens with one attached hydrogen (secondary N) is 2. The average Bonchev–Trinajstić information content (AvgIpc) is 3.01. The number of benzene rings is 2. The van der Waals surface area contributed by atoms with Gasteiger partial charge in [0.05, 0.1) is 20.3 Å². The molecule has 27 heavy (non-hydrogen) atoms. The summed E-state index contributed by atoms with van der Waals surface area (Å²) in [6.07, 6.45) is 0.220. The molecule has 0 aliphatic carbocycles. The van der Waals surface area contributed by atoms with Gasteiger partial charge in [-0.05, 0) is 30.3 Å². The van der Waals surface area contributed by atoms with Crippen molar-refractivity contribution in [3.8, 4) is 11.5 Å². The van der Waals surface area contributed by atoms with Crippen molar-refractivity contribution in [3.05, 3.63) is 47.5 Å². The predicted octanol–water partition coefficient (Wildman–Crippen LogP) is 3.28. The fraction of sp³-hybridized carbons (Fsp3) is 0.263. The molecule has 1 unspecified atom stereocenters. The summed E-state index contributed by atoms with van der Waals surface area (Å²) in [5.41, 5.74) is 1.28. The number of halogens is 1. The molecule has 1 atom stereocenters. The Morgan fingerprint density at radius 1 is 1.15 bits per heavy atom. The van der Waals surface area contributed by atoms with Gasteiger partial charge >= 0.3 is 6.03 Å². The lowest BCUT2D eigenvalue weighted by atomic mass is 10.2. The van der Waals surface area contributed by atoms with Crippen molar-refractivity contribution in [1.82, 2.24) is 5.32 Å². The van der Waals surface area contributed by atoms with Crippen LogP contribution in [-0.2, 0) is 4.79 Å². The molecule has 1 heterocycles. The molecule has 2 aromatic carbocycles. The summed E-state index contributed by atoms with van der Waals surface area (Å²) in [5.74, 6) is 1.05. The second-order valence-corrected chi connectivity index (χ2v) is 6.49. The smallest absolute Gasteiger partial charge is 0.319 e. The lowest BCUT2D eigenvalue weighted by Gasteiger charge is -2.19. The van der Waals surface area contributed by atoms with E-state index in [1.807, 2.05) is 0 Å². The minimum Gasteiger partial charge on any atom is -0.493 e. The fourth-order valence-corrected chi connectivity index (χ4v) is 3.16. The Hall–Kier alpha value is -2.93. The SMILES string of the molecule is COc1ccc(N2CC(NC(=O)Nc3cccc(Cl)c3)CC2=O)cc1OC. The molecule has 1 aliphatic heterocycles. The Balaban J connectivity index is 1.64. The molecule has 2 N–H and O–H groups in total. The van der Waals surface area contributed by atoms with E-state index in [-0.39, 0.29) is 24.4 Å². The van der Waals surface area contributed by atoms with Crippen molar-refractivity contribution >= 4 is 34.9 Å². The first kappa shape index (κ1) is 18.8. The molecule has 3 rings (SSSR count). The Morgan fingerprint density at radius 2 is 1.93 bits per heavy atom. The van der Waals surface area contributed by atoms with Crippen LogP contribution in [0.25, 0.3) is 0 Å². The van der Waals surface area contributed by atoms with Crippen LogP contribution in [0.15, 0.2) is 42.5 Å². The van der Waals surface area contributed by atoms with Gasteiger partial charge < -0.3 is 25.0 Å². The van der Waals surface area contributed by atoms with Gasteiger partial charge in [-0.15, -0.1) is 0 Å². The third-order valence-corrected chi connectivity index (χ3v) is 4.46. The van der Waals surface area contributed by atoms with Gasteiger partial charge in [0.25, 0.3) is 0 Å². The number of methoxy groups -OCH3 is 2. The molecule has 2 aromatic rings. The summed E-state index contributed by atoms with van der Waals surface area (Å²) >= 11 is 5.91. The minimum absolute atomic E-state index is 0.0738. The zero-order chi connectivity index (χ0) is 19.4. The molecule has 1 aliphatic rings. The van der Waals surface area contributed by atoms with Crippen LogP contribution in [0.3, 0.4) is 0 Å². The number of anilines is 2. The second kappa shape index (κ2) is 8.18. The number of hydrogen-bond donors (Lipinski definition) is 2. The van der Waals surface area contributed by atoms with Crippen LogP contribution in [0.2, 0.25) is 5.02 Å². The van der Waals surface area contributed by atoms with E-state index in [1.165, 1.54) is 7.11 Å². The maximum absolute atomic E-state index is 12.4. The fourth-order valence-electron chi connectivity index (χ4n) is 2.97. The molecule has 0 bridgehead atoms. The number of urea groups is 1. The highest BCUT2D eigenvalue weighted by Crippen LogP contribution is 2.33. The maximum Gasteiger partial charge on any atom is 0.319 e. The van der Waals surface area contributed by atoms with E-state index in [2.05, 4.69) is 10.6 Å². The van der Waals surface area contributed by atoms with Crippen LogP contribution in [-0.4, -0.2) is 38.7 Å². The Labute approximate surface area is 162 Å². The summed E-state index contributed by atoms with van der Waals surface area (Å²) in [4.78, 5) is 26.2. The Kier molecular flexibility index (Phi) is 5.71. The van der Waals surface area contributed by atoms with Crippen LogP contribution < -0.4 is 25.0 Å². The normalized spacial score (nSPS) is 16.2. The van der Waals surface area contributed by atoms with Gasteiger partial charge in [0.15, 0.2) is 11.5 Å². The van der Waals surface area contributed by atoms with Gasteiger partial charge in [0.1, 0.15) is 0 Å². The van der Waals surface area contributed by atoms with Gasteiger partial charge in [-0.3, -0.25) is 4.79 Å². The van der Waals surface area contributed by atoms with E-state index in [9.17, 15) is 9.59 Å². The first-order valence-corrected chi connectivity index (χ1v) is 8.73. The van der Waals surface area contributed by atoms with Gasteiger partial charge in [0, 0.05) is 35.4 Å². The van der Waals surface area contributed by atoms with E-state index in [0.717, 1.165) is 0 Å². The van der Waals surface area contributed by atoms with Crippen molar-refractivity contribution in [2.45, 2.75) is 12.5 Å². The molecule has 7 nitrogen and oxygen atoms in total. The molecule has 0 spiro atoms. The van der Waals surface area contributed by atoms with Crippen molar-refractivity contribution in [1.29, 1.82) is 0 Å². The molecule has 0 saturated carbocycles. The number of carbonyl (C=O) groups excluding carboxylic acids is 2. The predicted molar refractivity (Wildman–Crippen MR) is 104 cm³/mol. The molecular weight excluding hydrogens is 370 g/mol. The number of amides is 3. The van der Waals surface area contributed by atoms with Crippen LogP contribution in [0.5, 0.6) is 11.5 Å². The molecule has 142 valence electrons. The second-order valence-electron chi connectivity index (χ2n) is 6.05. The molecule has 3 amide bonds. The maximum atomic E-state index is 12.4. The van der Waals surface area contributed by atoms with Gasteiger partial charge in [-0.25, -0.2) is 4.79 Å². The highest BCUT2D eigenvalue weighted by atomic mass is 35.5. The van der Waals surface area contributed by atoms with E-state index in [4.69, 9.17) is 21.1 Å². The highest BCUT2D eigenvalue weighted by molar-refractivity contribution is 6.30. The monoisotopic (exact) mass is 389 g/mol. The Bertz CT molecular complexity index is 859. The molecule has 1 saturated heterocycles. The number of nitrogens with zero attached hydrogens (tertiary/aromatic N) is 1. The van der Waals surface area contributed by atoms with Crippen LogP contribution >= 0.6 is 11.6 Å². The third kappa shape index (κ3) is 4.43. The lowest BCUT2D eigenvalue weighted by molar-refractivity contribution is -0.117. The van der Waals surface area contributed by atoms with Crippen molar-refractivity contribution < 1.29 is 19.1 Å². The molecule has 1 fully saturated rings. The largest absolute Gasteiger partial charge is 0.493 e. The van der Waals surface area contributed by atoms with Crippen molar-refractivity contribution in [3.63, 3.8) is 0 Å². The number of carbonyl (C=O) groups is 2. The van der Waals surface area contributed by atoms with Crippen molar-refractivity contribution in [2.75, 3.05) is 31.0 Å². The van der Waals surface area contributed by atoms with Crippen LogP contribution in [0.4, 0.5) is 16.2 Å². The average molecular weight is 390 g/mol. The summed E-state index contributed by atoms with van der Waals surface area (Å²) in [5, 5.41) is 6.06. The van der Waals surface area contributed by atoms with E-state index in [0.29, 0.717) is 34.4 Å². The number of hydrogen-bond acceptors (Lipinski definition) is 4. The topological polar surface area (TPSA) is 79.9 Å². The summed E-state index contributed by atoms with van der Waals surface area (Å²) < 4.78 is 10.5. The van der Waals surface area contributed by atoms with E-state index >= 15 is 0 Å². The first-order valence-electron chi connectivity index (χ1n) is 8.35. The van der Waals surface area contributed by atoms with Gasteiger partial charge in [-0.2, -0.15) is 0 Å².